The van der Waals surface area contributed by atoms with E-state index in [1.807, 2.05) is 0 Å². The van der Waals surface area contributed by atoms with E-state index in [2.05, 4.69) is 6.58 Å². The van der Waals surface area contributed by atoms with E-state index in [0.29, 0.717) is 0 Å². The molecule has 1 aromatic carbocycles. The van der Waals surface area contributed by atoms with Gasteiger partial charge in [-0.2, -0.15) is 0 Å². The van der Waals surface area contributed by atoms with Crippen molar-refractivity contribution in [1.29, 1.82) is 0 Å². The zero-order chi connectivity index (χ0) is 14.5. The highest BCUT2D eigenvalue weighted by molar-refractivity contribution is 5.88. The minimum Gasteiger partial charge on any atom is -0.479 e. The zero-order valence-corrected chi connectivity index (χ0v) is 10.6. The van der Waals surface area contributed by atoms with E-state index in [1.54, 1.807) is 25.1 Å². The van der Waals surface area contributed by atoms with Crippen LogP contribution < -0.4 is 0 Å². The van der Waals surface area contributed by atoms with Crippen LogP contribution in [0.15, 0.2) is 43.0 Å². The van der Waals surface area contributed by atoms with E-state index in [9.17, 15) is 19.8 Å². The second kappa shape index (κ2) is 6.15. The van der Waals surface area contributed by atoms with Gasteiger partial charge in [-0.1, -0.05) is 36.4 Å². The molecule has 2 atom stereocenters. The Kier molecular flexibility index (Phi) is 4.83. The third kappa shape index (κ3) is 2.82. The number of ether oxygens (including phenoxy) is 1. The largest absolute Gasteiger partial charge is 0.479 e. The van der Waals surface area contributed by atoms with Crippen LogP contribution in [0.25, 0.3) is 0 Å². The van der Waals surface area contributed by atoms with Crippen molar-refractivity contribution in [2.24, 2.45) is 5.92 Å². The summed E-state index contributed by atoms with van der Waals surface area (Å²) in [5.41, 5.74) is -2.30. The quantitative estimate of drug-likeness (QED) is 0.598. The third-order valence-electron chi connectivity index (χ3n) is 2.77. The van der Waals surface area contributed by atoms with Crippen LogP contribution in [0.3, 0.4) is 0 Å². The predicted molar refractivity (Wildman–Crippen MR) is 68.3 cm³/mol. The van der Waals surface area contributed by atoms with Gasteiger partial charge < -0.3 is 14.9 Å². The molecule has 0 amide bonds. The Hall–Kier alpha value is -2.14. The average molecular weight is 264 g/mol. The first kappa shape index (κ1) is 14.9. The molecule has 0 bridgehead atoms. The zero-order valence-electron chi connectivity index (χ0n) is 10.6. The summed E-state index contributed by atoms with van der Waals surface area (Å²) in [5, 5.41) is 19.7. The van der Waals surface area contributed by atoms with Crippen LogP contribution in [0.1, 0.15) is 12.5 Å². The highest BCUT2D eigenvalue weighted by Crippen LogP contribution is 2.32. The minimum absolute atomic E-state index is 0.0909. The van der Waals surface area contributed by atoms with Gasteiger partial charge in [0.05, 0.1) is 6.61 Å². The Morgan fingerprint density at radius 2 is 2.00 bits per heavy atom. The molecule has 0 unspecified atom stereocenters. The number of carbonyl (C=O) groups is 2. The molecule has 19 heavy (non-hydrogen) atoms. The Bertz CT molecular complexity index is 468. The molecule has 0 aliphatic heterocycles. The van der Waals surface area contributed by atoms with Crippen molar-refractivity contribution >= 4 is 11.9 Å². The molecule has 1 rings (SSSR count). The second-order valence-corrected chi connectivity index (χ2v) is 3.90. The van der Waals surface area contributed by atoms with Gasteiger partial charge in [-0.05, 0) is 12.5 Å². The van der Waals surface area contributed by atoms with Crippen LogP contribution in [0, 0.1) is 5.92 Å². The lowest BCUT2D eigenvalue weighted by molar-refractivity contribution is -0.175. The van der Waals surface area contributed by atoms with Gasteiger partial charge in [0.1, 0.15) is 5.92 Å². The topological polar surface area (TPSA) is 83.8 Å². The van der Waals surface area contributed by atoms with Gasteiger partial charge in [0.2, 0.25) is 5.60 Å². The van der Waals surface area contributed by atoms with E-state index in [0.717, 1.165) is 6.08 Å². The minimum atomic E-state index is -2.39. The highest BCUT2D eigenvalue weighted by atomic mass is 16.5. The average Bonchev–Trinajstić information content (AvgIpc) is 2.40. The standard InChI is InChI=1S/C14H16O5/c1-3-11(12(15)19-4-2)14(18,13(16)17)10-8-6-5-7-9-10/h3,5-9,11,18H,1,4H2,2H3,(H,16,17)/t11-,14-/m0/s1. The van der Waals surface area contributed by atoms with E-state index in [4.69, 9.17) is 4.74 Å². The number of carbonyl (C=O) groups excluding carboxylic acids is 1. The number of esters is 1. The maximum absolute atomic E-state index is 11.8. The summed E-state index contributed by atoms with van der Waals surface area (Å²) in [6, 6.07) is 7.70. The van der Waals surface area contributed by atoms with E-state index < -0.39 is 23.5 Å². The summed E-state index contributed by atoms with van der Waals surface area (Å²) in [6.07, 6.45) is 1.08. The summed E-state index contributed by atoms with van der Waals surface area (Å²) >= 11 is 0. The number of benzene rings is 1. The maximum atomic E-state index is 11.8. The molecule has 0 fully saturated rings. The number of hydrogen-bond acceptors (Lipinski definition) is 4. The molecule has 0 saturated carbocycles. The summed E-state index contributed by atoms with van der Waals surface area (Å²) in [7, 11) is 0. The van der Waals surface area contributed by atoms with Crippen molar-refractivity contribution < 1.29 is 24.5 Å². The fraction of sp³-hybridized carbons (Fsp3) is 0.286. The van der Waals surface area contributed by atoms with Crippen molar-refractivity contribution in [3.8, 4) is 0 Å². The van der Waals surface area contributed by atoms with Crippen molar-refractivity contribution in [1.82, 2.24) is 0 Å². The summed E-state index contributed by atoms with van der Waals surface area (Å²) in [6.45, 7) is 5.10. The van der Waals surface area contributed by atoms with Crippen LogP contribution in [-0.2, 0) is 19.9 Å². The number of aliphatic carboxylic acids is 1. The molecule has 0 heterocycles. The van der Waals surface area contributed by atoms with Crippen LogP contribution in [0.5, 0.6) is 0 Å². The molecule has 0 radical (unpaired) electrons. The first-order valence-electron chi connectivity index (χ1n) is 5.78. The number of carboxylic acid groups (broad SMARTS) is 1. The Labute approximate surface area is 111 Å². The first-order chi connectivity index (χ1) is 8.98. The van der Waals surface area contributed by atoms with Crippen LogP contribution >= 0.6 is 0 Å². The Morgan fingerprint density at radius 3 is 2.42 bits per heavy atom. The lowest BCUT2D eigenvalue weighted by Crippen LogP contribution is -2.46. The van der Waals surface area contributed by atoms with Crippen molar-refractivity contribution in [2.75, 3.05) is 6.61 Å². The molecule has 0 aromatic heterocycles. The molecule has 0 aliphatic carbocycles. The van der Waals surface area contributed by atoms with Gasteiger partial charge >= 0.3 is 11.9 Å². The summed E-state index contributed by atoms with van der Waals surface area (Å²) < 4.78 is 4.78. The normalized spacial score (nSPS) is 15.1. The fourth-order valence-electron chi connectivity index (χ4n) is 1.80. The van der Waals surface area contributed by atoms with Crippen molar-refractivity contribution in [3.05, 3.63) is 48.6 Å². The van der Waals surface area contributed by atoms with Crippen LogP contribution in [0.4, 0.5) is 0 Å². The molecule has 102 valence electrons. The highest BCUT2D eigenvalue weighted by Gasteiger charge is 2.48. The molecule has 2 N–H and O–H groups in total. The lowest BCUT2D eigenvalue weighted by Gasteiger charge is -2.29. The van der Waals surface area contributed by atoms with E-state index >= 15 is 0 Å². The van der Waals surface area contributed by atoms with Gasteiger partial charge in [0, 0.05) is 0 Å². The van der Waals surface area contributed by atoms with Gasteiger partial charge in [0.25, 0.3) is 0 Å². The smallest absolute Gasteiger partial charge is 0.341 e. The van der Waals surface area contributed by atoms with Crippen LogP contribution in [-0.4, -0.2) is 28.8 Å². The van der Waals surface area contributed by atoms with Gasteiger partial charge in [-0.25, -0.2) is 4.79 Å². The fourth-order valence-corrected chi connectivity index (χ4v) is 1.80. The van der Waals surface area contributed by atoms with E-state index in [1.165, 1.54) is 12.1 Å². The molecule has 1 aromatic rings. The maximum Gasteiger partial charge on any atom is 0.341 e. The van der Waals surface area contributed by atoms with E-state index in [-0.39, 0.29) is 12.2 Å². The monoisotopic (exact) mass is 264 g/mol. The summed E-state index contributed by atoms with van der Waals surface area (Å²) in [4.78, 5) is 23.2. The number of hydrogen-bond donors (Lipinski definition) is 2. The second-order valence-electron chi connectivity index (χ2n) is 3.90. The molecular formula is C14H16O5. The number of rotatable bonds is 6. The number of carboxylic acids is 1. The van der Waals surface area contributed by atoms with Crippen molar-refractivity contribution in [3.63, 3.8) is 0 Å². The predicted octanol–water partition coefficient (Wildman–Crippen LogP) is 1.32. The molecule has 0 saturated heterocycles. The van der Waals surface area contributed by atoms with Crippen molar-refractivity contribution in [2.45, 2.75) is 12.5 Å². The lowest BCUT2D eigenvalue weighted by atomic mass is 9.81. The van der Waals surface area contributed by atoms with Crippen LogP contribution in [0.2, 0.25) is 0 Å². The first-order valence-corrected chi connectivity index (χ1v) is 5.78. The van der Waals surface area contributed by atoms with Gasteiger partial charge in [0.15, 0.2) is 0 Å². The Morgan fingerprint density at radius 1 is 1.42 bits per heavy atom. The van der Waals surface area contributed by atoms with Gasteiger partial charge in [-0.3, -0.25) is 4.79 Å². The summed E-state index contributed by atoms with van der Waals surface area (Å²) in [5.74, 6) is -3.74. The SMILES string of the molecule is C=C[C@@H](C(=O)OCC)[C@](O)(C(=O)O)c1ccccc1. The number of aliphatic hydroxyl groups is 1. The van der Waals surface area contributed by atoms with Gasteiger partial charge in [-0.15, -0.1) is 6.58 Å². The molecule has 5 heteroatoms. The third-order valence-corrected chi connectivity index (χ3v) is 2.77. The molecule has 0 spiro atoms. The molecule has 0 aliphatic rings. The Balaban J connectivity index is 3.29. The molecular weight excluding hydrogens is 248 g/mol. The molecule has 5 nitrogen and oxygen atoms in total.